The zero-order valence-electron chi connectivity index (χ0n) is 13.5. The Hall–Kier alpha value is -1.06. The van der Waals surface area contributed by atoms with E-state index in [0.29, 0.717) is 5.41 Å². The first-order valence-corrected chi connectivity index (χ1v) is 8.22. The van der Waals surface area contributed by atoms with Gasteiger partial charge < -0.3 is 14.8 Å². The van der Waals surface area contributed by atoms with Gasteiger partial charge in [0.2, 0.25) is 0 Å². The van der Waals surface area contributed by atoms with Crippen molar-refractivity contribution in [2.75, 3.05) is 26.4 Å². The van der Waals surface area contributed by atoms with Crippen molar-refractivity contribution in [2.45, 2.75) is 46.1 Å². The lowest BCUT2D eigenvalue weighted by Crippen LogP contribution is -2.36. The van der Waals surface area contributed by atoms with Crippen LogP contribution in [-0.4, -0.2) is 26.4 Å². The van der Waals surface area contributed by atoms with Crippen molar-refractivity contribution in [2.24, 2.45) is 5.41 Å². The molecule has 1 aliphatic rings. The van der Waals surface area contributed by atoms with Crippen molar-refractivity contribution >= 4 is 0 Å². The van der Waals surface area contributed by atoms with Gasteiger partial charge in [-0.3, -0.25) is 0 Å². The minimum Gasteiger partial charge on any atom is -0.494 e. The van der Waals surface area contributed by atoms with Crippen LogP contribution in [0.1, 0.15) is 45.1 Å². The maximum Gasteiger partial charge on any atom is 0.119 e. The molecule has 1 aliphatic heterocycles. The SMILES string of the molecule is CCCCOc1ccc(CNCC2(C)CCOCC2)cc1. The molecule has 0 aromatic heterocycles. The molecule has 3 heteroatoms. The molecule has 1 aromatic rings. The third-order valence-electron chi connectivity index (χ3n) is 4.27. The molecule has 3 nitrogen and oxygen atoms in total. The van der Waals surface area contributed by atoms with Gasteiger partial charge in [-0.05, 0) is 42.4 Å². The van der Waals surface area contributed by atoms with E-state index in [1.807, 2.05) is 0 Å². The number of nitrogens with one attached hydrogen (secondary N) is 1. The maximum absolute atomic E-state index is 5.68. The Labute approximate surface area is 129 Å². The highest BCUT2D eigenvalue weighted by atomic mass is 16.5. The molecule has 1 aromatic carbocycles. The lowest BCUT2D eigenvalue weighted by atomic mass is 9.82. The zero-order chi connectivity index (χ0) is 15.0. The summed E-state index contributed by atoms with van der Waals surface area (Å²) in [6.07, 6.45) is 4.60. The molecule has 1 N–H and O–H groups in total. The maximum atomic E-state index is 5.68. The first kappa shape index (κ1) is 16.3. The van der Waals surface area contributed by atoms with Crippen LogP contribution in [0.2, 0.25) is 0 Å². The van der Waals surface area contributed by atoms with Gasteiger partial charge in [-0.2, -0.15) is 0 Å². The van der Waals surface area contributed by atoms with E-state index in [9.17, 15) is 0 Å². The van der Waals surface area contributed by atoms with Crippen molar-refractivity contribution in [1.82, 2.24) is 5.32 Å². The van der Waals surface area contributed by atoms with E-state index in [1.54, 1.807) is 0 Å². The Morgan fingerprint density at radius 3 is 2.57 bits per heavy atom. The molecule has 0 bridgehead atoms. The lowest BCUT2D eigenvalue weighted by molar-refractivity contribution is 0.0240. The average molecular weight is 291 g/mol. The van der Waals surface area contributed by atoms with Crippen LogP contribution in [-0.2, 0) is 11.3 Å². The molecule has 21 heavy (non-hydrogen) atoms. The van der Waals surface area contributed by atoms with E-state index in [1.165, 1.54) is 12.0 Å². The number of hydrogen-bond donors (Lipinski definition) is 1. The summed E-state index contributed by atoms with van der Waals surface area (Å²) < 4.78 is 11.1. The van der Waals surface area contributed by atoms with Crippen LogP contribution in [0.5, 0.6) is 5.75 Å². The van der Waals surface area contributed by atoms with E-state index in [2.05, 4.69) is 43.4 Å². The van der Waals surface area contributed by atoms with E-state index >= 15 is 0 Å². The predicted octanol–water partition coefficient (Wildman–Crippen LogP) is 3.77. The van der Waals surface area contributed by atoms with Crippen molar-refractivity contribution in [3.63, 3.8) is 0 Å². The van der Waals surface area contributed by atoms with Gasteiger partial charge in [0.25, 0.3) is 0 Å². The highest BCUT2D eigenvalue weighted by molar-refractivity contribution is 5.27. The monoisotopic (exact) mass is 291 g/mol. The summed E-state index contributed by atoms with van der Waals surface area (Å²) in [5, 5.41) is 3.59. The third-order valence-corrected chi connectivity index (χ3v) is 4.27. The fourth-order valence-electron chi connectivity index (χ4n) is 2.59. The molecular formula is C18H29NO2. The van der Waals surface area contributed by atoms with E-state index in [-0.39, 0.29) is 0 Å². The quantitative estimate of drug-likeness (QED) is 0.740. The minimum atomic E-state index is 0.390. The van der Waals surface area contributed by atoms with Crippen molar-refractivity contribution in [1.29, 1.82) is 0 Å². The summed E-state index contributed by atoms with van der Waals surface area (Å²) in [6, 6.07) is 8.45. The average Bonchev–Trinajstić information content (AvgIpc) is 2.50. The highest BCUT2D eigenvalue weighted by Crippen LogP contribution is 2.28. The van der Waals surface area contributed by atoms with Gasteiger partial charge in [0.1, 0.15) is 5.75 Å². The summed E-state index contributed by atoms with van der Waals surface area (Å²) in [6.45, 7) is 9.14. The second-order valence-corrected chi connectivity index (χ2v) is 6.37. The van der Waals surface area contributed by atoms with Crippen LogP contribution in [0.15, 0.2) is 24.3 Å². The molecule has 0 saturated carbocycles. The number of hydrogen-bond acceptors (Lipinski definition) is 3. The largest absolute Gasteiger partial charge is 0.494 e. The predicted molar refractivity (Wildman–Crippen MR) is 86.7 cm³/mol. The molecule has 2 rings (SSSR count). The molecule has 0 aliphatic carbocycles. The molecule has 1 heterocycles. The van der Waals surface area contributed by atoms with Crippen LogP contribution in [0.25, 0.3) is 0 Å². The van der Waals surface area contributed by atoms with Gasteiger partial charge in [-0.1, -0.05) is 32.4 Å². The van der Waals surface area contributed by atoms with Crippen LogP contribution in [0.3, 0.4) is 0 Å². The summed E-state index contributed by atoms with van der Waals surface area (Å²) in [5.41, 5.74) is 1.70. The number of benzene rings is 1. The summed E-state index contributed by atoms with van der Waals surface area (Å²) in [7, 11) is 0. The van der Waals surface area contributed by atoms with Crippen LogP contribution >= 0.6 is 0 Å². The summed E-state index contributed by atoms with van der Waals surface area (Å²) in [5.74, 6) is 0.976. The first-order valence-electron chi connectivity index (χ1n) is 8.22. The standard InChI is InChI=1S/C18H29NO2/c1-3-4-11-21-17-7-5-16(6-8-17)14-19-15-18(2)9-12-20-13-10-18/h5-8,19H,3-4,9-15H2,1-2H3. The molecule has 1 fully saturated rings. The Bertz CT molecular complexity index is 396. The summed E-state index contributed by atoms with van der Waals surface area (Å²) in [4.78, 5) is 0. The van der Waals surface area contributed by atoms with E-state index in [4.69, 9.17) is 9.47 Å². The fourth-order valence-corrected chi connectivity index (χ4v) is 2.59. The second kappa shape index (κ2) is 8.40. The Morgan fingerprint density at radius 1 is 1.19 bits per heavy atom. The number of ether oxygens (including phenoxy) is 2. The van der Waals surface area contributed by atoms with Gasteiger partial charge >= 0.3 is 0 Å². The number of unbranched alkanes of at least 4 members (excludes halogenated alkanes) is 1. The van der Waals surface area contributed by atoms with Crippen LogP contribution in [0, 0.1) is 5.41 Å². The highest BCUT2D eigenvalue weighted by Gasteiger charge is 2.26. The topological polar surface area (TPSA) is 30.5 Å². The van der Waals surface area contributed by atoms with E-state index < -0.39 is 0 Å². The molecule has 0 radical (unpaired) electrons. The molecule has 0 unspecified atom stereocenters. The Kier molecular flexibility index (Phi) is 6.52. The normalized spacial score (nSPS) is 17.6. The van der Waals surface area contributed by atoms with Crippen molar-refractivity contribution in [3.8, 4) is 5.75 Å². The van der Waals surface area contributed by atoms with Gasteiger partial charge in [0.05, 0.1) is 6.61 Å². The summed E-state index contributed by atoms with van der Waals surface area (Å²) >= 11 is 0. The lowest BCUT2D eigenvalue weighted by Gasteiger charge is -2.33. The Morgan fingerprint density at radius 2 is 1.90 bits per heavy atom. The van der Waals surface area contributed by atoms with Crippen LogP contribution < -0.4 is 10.1 Å². The molecular weight excluding hydrogens is 262 g/mol. The third kappa shape index (κ3) is 5.68. The molecule has 1 saturated heterocycles. The van der Waals surface area contributed by atoms with Gasteiger partial charge in [-0.25, -0.2) is 0 Å². The molecule has 0 amide bonds. The second-order valence-electron chi connectivity index (χ2n) is 6.37. The van der Waals surface area contributed by atoms with Crippen molar-refractivity contribution in [3.05, 3.63) is 29.8 Å². The van der Waals surface area contributed by atoms with E-state index in [0.717, 1.165) is 57.9 Å². The first-order chi connectivity index (χ1) is 10.2. The Balaban J connectivity index is 1.70. The molecule has 118 valence electrons. The fraction of sp³-hybridized carbons (Fsp3) is 0.667. The van der Waals surface area contributed by atoms with Crippen LogP contribution in [0.4, 0.5) is 0 Å². The molecule has 0 spiro atoms. The van der Waals surface area contributed by atoms with Gasteiger partial charge in [-0.15, -0.1) is 0 Å². The smallest absolute Gasteiger partial charge is 0.119 e. The van der Waals surface area contributed by atoms with Crippen molar-refractivity contribution < 1.29 is 9.47 Å². The van der Waals surface area contributed by atoms with Gasteiger partial charge in [0, 0.05) is 26.3 Å². The number of rotatable bonds is 8. The zero-order valence-corrected chi connectivity index (χ0v) is 13.5. The van der Waals surface area contributed by atoms with Gasteiger partial charge in [0.15, 0.2) is 0 Å². The molecule has 0 atom stereocenters. The minimum absolute atomic E-state index is 0.390.